The van der Waals surface area contributed by atoms with Crippen LogP contribution >= 0.6 is 0 Å². The first-order chi connectivity index (χ1) is 9.40. The normalized spacial score (nSPS) is 10.6. The Kier molecular flexibility index (Phi) is 6.22. The molecular formula is C16H23NO3. The van der Waals surface area contributed by atoms with Crippen molar-refractivity contribution in [1.82, 2.24) is 4.90 Å². The summed E-state index contributed by atoms with van der Waals surface area (Å²) in [5, 5.41) is 8.72. The maximum Gasteiger partial charge on any atom is 0.305 e. The van der Waals surface area contributed by atoms with Gasteiger partial charge in [-0.05, 0) is 32.8 Å². The molecule has 0 unspecified atom stereocenters. The van der Waals surface area contributed by atoms with Gasteiger partial charge in [-0.3, -0.25) is 9.59 Å². The molecule has 1 aromatic carbocycles. The van der Waals surface area contributed by atoms with Crippen molar-refractivity contribution in [2.24, 2.45) is 0 Å². The van der Waals surface area contributed by atoms with Gasteiger partial charge in [-0.1, -0.05) is 29.8 Å². The van der Waals surface area contributed by atoms with E-state index in [9.17, 15) is 9.59 Å². The fraction of sp³-hybridized carbons (Fsp3) is 0.500. The summed E-state index contributed by atoms with van der Waals surface area (Å²) in [6, 6.07) is 8.15. The first-order valence-corrected chi connectivity index (χ1v) is 6.97. The molecule has 0 spiro atoms. The Morgan fingerprint density at radius 2 is 1.75 bits per heavy atom. The first kappa shape index (κ1) is 16.2. The zero-order chi connectivity index (χ0) is 15.1. The molecule has 20 heavy (non-hydrogen) atoms. The number of aliphatic carboxylic acids is 1. The molecule has 0 aliphatic rings. The number of carbonyl (C=O) groups is 2. The topological polar surface area (TPSA) is 57.6 Å². The molecule has 0 heterocycles. The number of carboxylic acid groups (broad SMARTS) is 1. The number of nitrogens with zero attached hydrogens (tertiary/aromatic N) is 1. The van der Waals surface area contributed by atoms with Gasteiger partial charge >= 0.3 is 5.97 Å². The molecule has 0 aliphatic carbocycles. The third-order valence-electron chi connectivity index (χ3n) is 3.26. The molecule has 0 aliphatic heterocycles. The van der Waals surface area contributed by atoms with Crippen molar-refractivity contribution >= 4 is 11.9 Å². The van der Waals surface area contributed by atoms with E-state index in [4.69, 9.17) is 5.11 Å². The van der Waals surface area contributed by atoms with E-state index in [1.165, 1.54) is 5.56 Å². The number of benzene rings is 1. The lowest BCUT2D eigenvalue weighted by Crippen LogP contribution is -2.38. The van der Waals surface area contributed by atoms with Crippen molar-refractivity contribution in [2.45, 2.75) is 46.1 Å². The Morgan fingerprint density at radius 1 is 1.15 bits per heavy atom. The summed E-state index contributed by atoms with van der Waals surface area (Å²) in [6.07, 6.45) is 1.10. The van der Waals surface area contributed by atoms with E-state index in [1.54, 1.807) is 4.90 Å². The van der Waals surface area contributed by atoms with Crippen LogP contribution < -0.4 is 0 Å². The maximum atomic E-state index is 12.2. The zero-order valence-corrected chi connectivity index (χ0v) is 12.4. The van der Waals surface area contributed by atoms with Gasteiger partial charge in [0.25, 0.3) is 0 Å². The van der Waals surface area contributed by atoms with Gasteiger partial charge in [0.15, 0.2) is 0 Å². The summed E-state index contributed by atoms with van der Waals surface area (Å²) < 4.78 is 0. The second-order valence-electron chi connectivity index (χ2n) is 5.31. The number of carbonyl (C=O) groups excluding carboxylic acids is 1. The molecule has 0 aromatic heterocycles. The molecule has 0 saturated carbocycles. The Hall–Kier alpha value is -1.84. The average Bonchev–Trinajstić information content (AvgIpc) is 2.37. The lowest BCUT2D eigenvalue weighted by molar-refractivity contribution is -0.139. The largest absolute Gasteiger partial charge is 0.481 e. The third-order valence-corrected chi connectivity index (χ3v) is 3.26. The molecule has 4 nitrogen and oxygen atoms in total. The number of amides is 1. The second-order valence-corrected chi connectivity index (χ2v) is 5.31. The first-order valence-electron chi connectivity index (χ1n) is 6.97. The van der Waals surface area contributed by atoms with Crippen molar-refractivity contribution in [3.05, 3.63) is 35.4 Å². The Balaban J connectivity index is 2.53. The van der Waals surface area contributed by atoms with Crippen molar-refractivity contribution in [3.8, 4) is 0 Å². The number of hydrogen-bond donors (Lipinski definition) is 1. The van der Waals surface area contributed by atoms with Crippen LogP contribution in [0.15, 0.2) is 24.3 Å². The van der Waals surface area contributed by atoms with E-state index in [2.05, 4.69) is 0 Å². The number of rotatable bonds is 7. The smallest absolute Gasteiger partial charge is 0.305 e. The lowest BCUT2D eigenvalue weighted by Gasteiger charge is -2.26. The van der Waals surface area contributed by atoms with Gasteiger partial charge < -0.3 is 10.0 Å². The number of aryl methyl sites for hydroxylation is 2. The van der Waals surface area contributed by atoms with Gasteiger partial charge in [0, 0.05) is 19.0 Å². The second kappa shape index (κ2) is 7.68. The van der Waals surface area contributed by atoms with Crippen molar-refractivity contribution in [1.29, 1.82) is 0 Å². The highest BCUT2D eigenvalue weighted by molar-refractivity contribution is 5.77. The fourth-order valence-electron chi connectivity index (χ4n) is 2.04. The summed E-state index contributed by atoms with van der Waals surface area (Å²) in [6.45, 7) is 6.12. The van der Waals surface area contributed by atoms with Crippen LogP contribution in [0.5, 0.6) is 0 Å². The van der Waals surface area contributed by atoms with E-state index < -0.39 is 5.97 Å². The number of carboxylic acids is 1. The molecule has 4 heteroatoms. The molecule has 0 bridgehead atoms. The van der Waals surface area contributed by atoms with Crippen LogP contribution in [0, 0.1) is 6.92 Å². The molecule has 0 fully saturated rings. The quantitative estimate of drug-likeness (QED) is 0.833. The van der Waals surface area contributed by atoms with E-state index >= 15 is 0 Å². The van der Waals surface area contributed by atoms with Crippen molar-refractivity contribution < 1.29 is 14.7 Å². The predicted octanol–water partition coefficient (Wildman–Crippen LogP) is 2.64. The van der Waals surface area contributed by atoms with Gasteiger partial charge in [-0.15, -0.1) is 0 Å². The van der Waals surface area contributed by atoms with E-state index in [1.807, 2.05) is 45.0 Å². The van der Waals surface area contributed by atoms with Gasteiger partial charge in [-0.25, -0.2) is 0 Å². The van der Waals surface area contributed by atoms with Gasteiger partial charge in [0.05, 0.1) is 6.42 Å². The molecule has 1 amide bonds. The highest BCUT2D eigenvalue weighted by Crippen LogP contribution is 2.09. The Bertz CT molecular complexity index is 451. The minimum Gasteiger partial charge on any atom is -0.481 e. The lowest BCUT2D eigenvalue weighted by atomic mass is 10.1. The molecule has 0 atom stereocenters. The van der Waals surface area contributed by atoms with Crippen LogP contribution in [0.2, 0.25) is 0 Å². The van der Waals surface area contributed by atoms with Crippen LogP contribution in [0.4, 0.5) is 0 Å². The third kappa shape index (κ3) is 5.43. The molecule has 1 rings (SSSR count). The monoisotopic (exact) mass is 277 g/mol. The summed E-state index contributed by atoms with van der Waals surface area (Å²) in [4.78, 5) is 24.4. The average molecular weight is 277 g/mol. The van der Waals surface area contributed by atoms with Crippen molar-refractivity contribution in [2.75, 3.05) is 6.54 Å². The Labute approximate surface area is 120 Å². The molecule has 0 saturated heterocycles. The summed E-state index contributed by atoms with van der Waals surface area (Å²) in [7, 11) is 0. The van der Waals surface area contributed by atoms with Gasteiger partial charge in [-0.2, -0.15) is 0 Å². The standard InChI is InChI=1S/C16H23NO3/c1-12(2)17(11-10-16(19)20)15(18)9-8-14-6-4-13(3)5-7-14/h4-7,12H,8-11H2,1-3H3,(H,19,20). The molecule has 110 valence electrons. The van der Waals surface area contributed by atoms with Crippen LogP contribution in [0.25, 0.3) is 0 Å². The maximum absolute atomic E-state index is 12.2. The van der Waals surface area contributed by atoms with Gasteiger partial charge in [0.1, 0.15) is 0 Å². The van der Waals surface area contributed by atoms with E-state index in [0.29, 0.717) is 12.8 Å². The molecule has 1 N–H and O–H groups in total. The summed E-state index contributed by atoms with van der Waals surface area (Å²) >= 11 is 0. The fourth-order valence-corrected chi connectivity index (χ4v) is 2.04. The van der Waals surface area contributed by atoms with Crippen LogP contribution in [-0.4, -0.2) is 34.5 Å². The van der Waals surface area contributed by atoms with Crippen LogP contribution in [0.1, 0.15) is 37.8 Å². The van der Waals surface area contributed by atoms with Gasteiger partial charge in [0.2, 0.25) is 5.91 Å². The molecular weight excluding hydrogens is 254 g/mol. The summed E-state index contributed by atoms with van der Waals surface area (Å²) in [5.74, 6) is -0.858. The summed E-state index contributed by atoms with van der Waals surface area (Å²) in [5.41, 5.74) is 2.33. The SMILES string of the molecule is Cc1ccc(CCC(=O)N(CCC(=O)O)C(C)C)cc1. The van der Waals surface area contributed by atoms with Crippen molar-refractivity contribution in [3.63, 3.8) is 0 Å². The van der Waals surface area contributed by atoms with Crippen LogP contribution in [-0.2, 0) is 16.0 Å². The molecule has 1 aromatic rings. The minimum absolute atomic E-state index is 0.00550. The minimum atomic E-state index is -0.873. The number of hydrogen-bond acceptors (Lipinski definition) is 2. The van der Waals surface area contributed by atoms with E-state index in [-0.39, 0.29) is 24.9 Å². The van der Waals surface area contributed by atoms with Crippen LogP contribution in [0.3, 0.4) is 0 Å². The zero-order valence-electron chi connectivity index (χ0n) is 12.4. The highest BCUT2D eigenvalue weighted by atomic mass is 16.4. The molecule has 0 radical (unpaired) electrons. The van der Waals surface area contributed by atoms with E-state index in [0.717, 1.165) is 5.56 Å². The highest BCUT2D eigenvalue weighted by Gasteiger charge is 2.17. The Morgan fingerprint density at radius 3 is 2.25 bits per heavy atom. The predicted molar refractivity (Wildman–Crippen MR) is 78.6 cm³/mol.